The Labute approximate surface area is 120 Å². The van der Waals surface area contributed by atoms with Crippen LogP contribution in [0.5, 0.6) is 0 Å². The molecule has 3 aromatic rings. The van der Waals surface area contributed by atoms with Crippen LogP contribution in [0.15, 0.2) is 24.5 Å². The molecule has 0 aliphatic heterocycles. The van der Waals surface area contributed by atoms with Gasteiger partial charge in [0.25, 0.3) is 0 Å². The van der Waals surface area contributed by atoms with Gasteiger partial charge in [0, 0.05) is 11.3 Å². The predicted octanol–water partition coefficient (Wildman–Crippen LogP) is 3.18. The minimum Gasteiger partial charge on any atom is -0.382 e. The summed E-state index contributed by atoms with van der Waals surface area (Å²) in [5, 5.41) is 4.18. The van der Waals surface area contributed by atoms with E-state index < -0.39 is 11.6 Å². The molecular weight excluding hydrogens is 274 g/mol. The fourth-order valence-electron chi connectivity index (χ4n) is 2.38. The lowest BCUT2D eigenvalue weighted by molar-refractivity contribution is 0.580. The van der Waals surface area contributed by atoms with Crippen LogP contribution >= 0.6 is 0 Å². The van der Waals surface area contributed by atoms with Crippen molar-refractivity contribution in [3.05, 3.63) is 47.9 Å². The van der Waals surface area contributed by atoms with E-state index >= 15 is 0 Å². The molecule has 3 rings (SSSR count). The maximum absolute atomic E-state index is 13.4. The number of hydrogen-bond donors (Lipinski definition) is 1. The average molecular weight is 287 g/mol. The van der Waals surface area contributed by atoms with Crippen LogP contribution in [0.3, 0.4) is 0 Å². The maximum Gasteiger partial charge on any atom is 0.151 e. The molecule has 0 bridgehead atoms. The first kappa shape index (κ1) is 13.5. The number of nitrogen functional groups attached to an aromatic ring is 1. The van der Waals surface area contributed by atoms with Crippen LogP contribution in [0.25, 0.3) is 16.6 Å². The van der Waals surface area contributed by atoms with Gasteiger partial charge in [0.15, 0.2) is 5.82 Å². The van der Waals surface area contributed by atoms with E-state index in [1.807, 2.05) is 26.0 Å². The van der Waals surface area contributed by atoms with Crippen LogP contribution in [0.2, 0.25) is 0 Å². The molecule has 2 N–H and O–H groups in total. The van der Waals surface area contributed by atoms with Gasteiger partial charge in [0.1, 0.15) is 23.5 Å². The van der Waals surface area contributed by atoms with Crippen LogP contribution in [-0.2, 0) is 0 Å². The van der Waals surface area contributed by atoms with E-state index in [9.17, 15) is 8.78 Å². The molecule has 0 atom stereocenters. The lowest BCUT2D eigenvalue weighted by Gasteiger charge is -2.05. The summed E-state index contributed by atoms with van der Waals surface area (Å²) in [5.74, 6) is -1.08. The molecule has 1 aromatic carbocycles. The molecule has 2 aromatic heterocycles. The standard InChI is InChI=1S/C15H13F2N4/c1-8(2)13-6-12(9-3-10(16)5-11(17)4-9)14-15(18)19-7-20-21(13)14/h3-4,6-8H,1-2H3,(H2,18,19,20). The van der Waals surface area contributed by atoms with E-state index in [-0.39, 0.29) is 11.7 Å². The van der Waals surface area contributed by atoms with E-state index in [1.54, 1.807) is 4.52 Å². The Balaban J connectivity index is 2.37. The Morgan fingerprint density at radius 1 is 1.19 bits per heavy atom. The van der Waals surface area contributed by atoms with Gasteiger partial charge in [0.05, 0.1) is 6.07 Å². The van der Waals surface area contributed by atoms with Gasteiger partial charge in [-0.1, -0.05) is 13.8 Å². The summed E-state index contributed by atoms with van der Waals surface area (Å²) in [6.45, 7) is 4.01. The zero-order chi connectivity index (χ0) is 15.1. The van der Waals surface area contributed by atoms with Crippen molar-refractivity contribution < 1.29 is 8.78 Å². The van der Waals surface area contributed by atoms with Crippen molar-refractivity contribution in [2.75, 3.05) is 5.73 Å². The lowest BCUT2D eigenvalue weighted by Crippen LogP contribution is -2.03. The number of halogens is 2. The van der Waals surface area contributed by atoms with Crippen molar-refractivity contribution in [3.63, 3.8) is 0 Å². The number of fused-ring (bicyclic) bond motifs is 1. The summed E-state index contributed by atoms with van der Waals surface area (Å²) in [6, 6.07) is 6.24. The first-order chi connectivity index (χ1) is 9.97. The van der Waals surface area contributed by atoms with Gasteiger partial charge in [-0.2, -0.15) is 5.10 Å². The first-order valence-electron chi connectivity index (χ1n) is 6.48. The van der Waals surface area contributed by atoms with Gasteiger partial charge in [-0.25, -0.2) is 18.3 Å². The number of benzene rings is 1. The highest BCUT2D eigenvalue weighted by Gasteiger charge is 2.17. The number of hydrogen-bond acceptors (Lipinski definition) is 3. The molecule has 0 saturated heterocycles. The zero-order valence-electron chi connectivity index (χ0n) is 11.6. The van der Waals surface area contributed by atoms with Crippen molar-refractivity contribution in [2.45, 2.75) is 19.8 Å². The second-order valence-corrected chi connectivity index (χ2v) is 5.11. The molecular formula is C15H13F2N4. The average Bonchev–Trinajstić information content (AvgIpc) is 2.78. The maximum atomic E-state index is 13.4. The number of rotatable bonds is 2. The van der Waals surface area contributed by atoms with Crippen molar-refractivity contribution in [1.29, 1.82) is 0 Å². The quantitative estimate of drug-likeness (QED) is 0.787. The van der Waals surface area contributed by atoms with Gasteiger partial charge in [0.2, 0.25) is 0 Å². The topological polar surface area (TPSA) is 56.2 Å². The lowest BCUT2D eigenvalue weighted by atomic mass is 10.0. The van der Waals surface area contributed by atoms with Crippen LogP contribution in [0.4, 0.5) is 14.6 Å². The molecule has 2 heterocycles. The van der Waals surface area contributed by atoms with Crippen molar-refractivity contribution in [1.82, 2.24) is 14.6 Å². The Kier molecular flexibility index (Phi) is 3.08. The summed E-state index contributed by atoms with van der Waals surface area (Å²) >= 11 is 0. The Morgan fingerprint density at radius 3 is 2.48 bits per heavy atom. The summed E-state index contributed by atoms with van der Waals surface area (Å²) in [5.41, 5.74) is 8.34. The number of aromatic nitrogens is 3. The minimum atomic E-state index is -0.758. The van der Waals surface area contributed by atoms with Crippen molar-refractivity contribution >= 4 is 11.3 Å². The molecule has 0 unspecified atom stereocenters. The largest absolute Gasteiger partial charge is 0.382 e. The minimum absolute atomic E-state index is 0.172. The van der Waals surface area contributed by atoms with Gasteiger partial charge < -0.3 is 5.73 Å². The molecule has 1 radical (unpaired) electrons. The van der Waals surface area contributed by atoms with Crippen molar-refractivity contribution in [3.8, 4) is 11.1 Å². The summed E-state index contributed by atoms with van der Waals surface area (Å²) in [7, 11) is 0. The second kappa shape index (κ2) is 4.80. The van der Waals surface area contributed by atoms with Gasteiger partial charge >= 0.3 is 0 Å². The van der Waals surface area contributed by atoms with E-state index in [2.05, 4.69) is 10.1 Å². The third-order valence-electron chi connectivity index (χ3n) is 3.32. The smallest absolute Gasteiger partial charge is 0.151 e. The predicted molar refractivity (Wildman–Crippen MR) is 75.7 cm³/mol. The van der Waals surface area contributed by atoms with Gasteiger partial charge in [-0.3, -0.25) is 0 Å². The highest BCUT2D eigenvalue weighted by Crippen LogP contribution is 2.33. The normalized spacial score (nSPS) is 11.5. The molecule has 6 heteroatoms. The van der Waals surface area contributed by atoms with E-state index in [0.29, 0.717) is 16.6 Å². The highest BCUT2D eigenvalue weighted by atomic mass is 19.1. The third-order valence-corrected chi connectivity index (χ3v) is 3.32. The number of anilines is 1. The second-order valence-electron chi connectivity index (χ2n) is 5.11. The Morgan fingerprint density at radius 2 is 1.86 bits per heavy atom. The number of nitrogens with zero attached hydrogens (tertiary/aromatic N) is 3. The Bertz CT molecular complexity index is 804. The van der Waals surface area contributed by atoms with Crippen LogP contribution in [-0.4, -0.2) is 14.6 Å². The summed E-state index contributed by atoms with van der Waals surface area (Å²) < 4.78 is 28.5. The Hall–Kier alpha value is -2.50. The SMILES string of the molecule is CC(C)c1cc(-c2cc(F)[c]c(F)c2)c2c(N)ncnn12. The van der Waals surface area contributed by atoms with Gasteiger partial charge in [-0.15, -0.1) is 0 Å². The summed E-state index contributed by atoms with van der Waals surface area (Å²) in [4.78, 5) is 3.96. The molecule has 21 heavy (non-hydrogen) atoms. The molecule has 4 nitrogen and oxygen atoms in total. The molecule has 0 fully saturated rings. The third kappa shape index (κ3) is 2.22. The van der Waals surface area contributed by atoms with Gasteiger partial charge in [-0.05, 0) is 29.7 Å². The first-order valence-corrected chi connectivity index (χ1v) is 6.48. The summed E-state index contributed by atoms with van der Waals surface area (Å²) in [6.07, 6.45) is 1.36. The van der Waals surface area contributed by atoms with Crippen LogP contribution < -0.4 is 5.73 Å². The van der Waals surface area contributed by atoms with Crippen LogP contribution in [0, 0.1) is 17.7 Å². The van der Waals surface area contributed by atoms with Crippen molar-refractivity contribution in [2.24, 2.45) is 0 Å². The van der Waals surface area contributed by atoms with E-state index in [1.165, 1.54) is 18.5 Å². The van der Waals surface area contributed by atoms with E-state index in [4.69, 9.17) is 5.73 Å². The highest BCUT2D eigenvalue weighted by molar-refractivity contribution is 5.88. The fraction of sp³-hybridized carbons (Fsp3) is 0.200. The zero-order valence-corrected chi connectivity index (χ0v) is 11.6. The molecule has 0 saturated carbocycles. The molecule has 0 aliphatic carbocycles. The van der Waals surface area contributed by atoms with Crippen LogP contribution in [0.1, 0.15) is 25.5 Å². The molecule has 0 spiro atoms. The fourth-order valence-corrected chi connectivity index (χ4v) is 2.38. The molecule has 0 amide bonds. The molecule has 107 valence electrons. The number of nitrogens with two attached hydrogens (primary N) is 1. The monoisotopic (exact) mass is 287 g/mol. The van der Waals surface area contributed by atoms with E-state index in [0.717, 1.165) is 5.69 Å². The molecule has 0 aliphatic rings.